The molecular formula is C16H25NO. The molecule has 0 bridgehead atoms. The number of rotatable bonds is 5. The second-order valence-electron chi connectivity index (χ2n) is 5.33. The summed E-state index contributed by atoms with van der Waals surface area (Å²) in [5.74, 6) is 1.54. The molecule has 100 valence electrons. The highest BCUT2D eigenvalue weighted by Gasteiger charge is 2.25. The van der Waals surface area contributed by atoms with E-state index in [1.807, 2.05) is 0 Å². The van der Waals surface area contributed by atoms with Gasteiger partial charge in [-0.25, -0.2) is 0 Å². The molecule has 1 fully saturated rings. The molecule has 1 saturated carbocycles. The molecule has 2 unspecified atom stereocenters. The summed E-state index contributed by atoms with van der Waals surface area (Å²) in [6.45, 7) is 2.96. The lowest BCUT2D eigenvalue weighted by atomic mass is 9.86. The van der Waals surface area contributed by atoms with E-state index in [1.54, 1.807) is 0 Å². The lowest BCUT2D eigenvalue weighted by Crippen LogP contribution is -2.35. The number of benzene rings is 1. The van der Waals surface area contributed by atoms with Gasteiger partial charge in [0.05, 0.1) is 0 Å². The molecule has 0 radical (unpaired) electrons. The van der Waals surface area contributed by atoms with Crippen LogP contribution >= 0.6 is 0 Å². The minimum atomic E-state index is 0.320. The van der Waals surface area contributed by atoms with Gasteiger partial charge >= 0.3 is 0 Å². The van der Waals surface area contributed by atoms with Gasteiger partial charge in [-0.3, -0.25) is 0 Å². The first-order chi connectivity index (χ1) is 8.83. The zero-order valence-electron chi connectivity index (χ0n) is 11.4. The Morgan fingerprint density at radius 2 is 1.89 bits per heavy atom. The number of aryl methyl sites for hydroxylation is 1. The van der Waals surface area contributed by atoms with Crippen molar-refractivity contribution < 1.29 is 4.74 Å². The van der Waals surface area contributed by atoms with Gasteiger partial charge < -0.3 is 10.5 Å². The van der Waals surface area contributed by atoms with Crippen LogP contribution < -0.4 is 10.5 Å². The standard InChI is InChI=1S/C16H25NO/c1-2-5-13-8-10-15(11-9-13)18-16-7-4-3-6-14(16)12-17/h8-11,14,16H,2-7,12,17H2,1H3. The molecule has 1 aliphatic carbocycles. The Morgan fingerprint density at radius 1 is 1.17 bits per heavy atom. The summed E-state index contributed by atoms with van der Waals surface area (Å²) in [6, 6.07) is 8.57. The van der Waals surface area contributed by atoms with Gasteiger partial charge in [0, 0.05) is 5.92 Å². The lowest BCUT2D eigenvalue weighted by molar-refractivity contribution is 0.0970. The summed E-state index contributed by atoms with van der Waals surface area (Å²) in [5.41, 5.74) is 7.22. The maximum Gasteiger partial charge on any atom is 0.119 e. The van der Waals surface area contributed by atoms with E-state index in [9.17, 15) is 0 Å². The van der Waals surface area contributed by atoms with Gasteiger partial charge in [-0.05, 0) is 49.9 Å². The van der Waals surface area contributed by atoms with Gasteiger partial charge in [0.2, 0.25) is 0 Å². The van der Waals surface area contributed by atoms with E-state index in [0.29, 0.717) is 12.0 Å². The Hall–Kier alpha value is -1.02. The summed E-state index contributed by atoms with van der Waals surface area (Å²) in [5, 5.41) is 0. The molecule has 1 aromatic carbocycles. The van der Waals surface area contributed by atoms with Gasteiger partial charge in [-0.2, -0.15) is 0 Å². The Labute approximate surface area is 111 Å². The minimum absolute atomic E-state index is 0.320. The van der Waals surface area contributed by atoms with Crippen molar-refractivity contribution in [1.82, 2.24) is 0 Å². The van der Waals surface area contributed by atoms with Crippen LogP contribution in [0.2, 0.25) is 0 Å². The van der Waals surface area contributed by atoms with Crippen molar-refractivity contribution in [3.05, 3.63) is 29.8 Å². The van der Waals surface area contributed by atoms with Crippen LogP contribution in [0, 0.1) is 5.92 Å². The highest BCUT2D eigenvalue weighted by atomic mass is 16.5. The smallest absolute Gasteiger partial charge is 0.119 e. The topological polar surface area (TPSA) is 35.2 Å². The molecule has 18 heavy (non-hydrogen) atoms. The molecule has 0 spiro atoms. The molecule has 2 heteroatoms. The van der Waals surface area contributed by atoms with Crippen LogP contribution in [0.1, 0.15) is 44.6 Å². The van der Waals surface area contributed by atoms with E-state index < -0.39 is 0 Å². The Kier molecular flexibility index (Phi) is 5.06. The van der Waals surface area contributed by atoms with Crippen LogP contribution in [0.25, 0.3) is 0 Å². The molecule has 2 N–H and O–H groups in total. The Bertz CT molecular complexity index is 347. The quantitative estimate of drug-likeness (QED) is 0.863. The van der Waals surface area contributed by atoms with Gasteiger partial charge in [0.1, 0.15) is 11.9 Å². The summed E-state index contributed by atoms with van der Waals surface area (Å²) >= 11 is 0. The molecule has 0 aromatic heterocycles. The molecule has 1 aromatic rings. The fraction of sp³-hybridized carbons (Fsp3) is 0.625. The largest absolute Gasteiger partial charge is 0.490 e. The molecule has 0 saturated heterocycles. The maximum absolute atomic E-state index is 6.11. The number of hydrogen-bond acceptors (Lipinski definition) is 2. The van der Waals surface area contributed by atoms with Crippen molar-refractivity contribution in [2.24, 2.45) is 11.7 Å². The highest BCUT2D eigenvalue weighted by molar-refractivity contribution is 5.27. The van der Waals surface area contributed by atoms with Crippen molar-refractivity contribution in [2.45, 2.75) is 51.6 Å². The van der Waals surface area contributed by atoms with E-state index >= 15 is 0 Å². The van der Waals surface area contributed by atoms with Gasteiger partial charge in [-0.1, -0.05) is 31.9 Å². The van der Waals surface area contributed by atoms with Crippen molar-refractivity contribution in [3.63, 3.8) is 0 Å². The number of nitrogens with two attached hydrogens (primary N) is 1. The zero-order chi connectivity index (χ0) is 12.8. The van der Waals surface area contributed by atoms with E-state index in [1.165, 1.54) is 31.2 Å². The van der Waals surface area contributed by atoms with E-state index in [2.05, 4.69) is 31.2 Å². The summed E-state index contributed by atoms with van der Waals surface area (Å²) < 4.78 is 6.11. The molecular weight excluding hydrogens is 222 g/mol. The first kappa shape index (κ1) is 13.4. The van der Waals surface area contributed by atoms with Crippen molar-refractivity contribution in [3.8, 4) is 5.75 Å². The third kappa shape index (κ3) is 3.49. The fourth-order valence-electron chi connectivity index (χ4n) is 2.80. The van der Waals surface area contributed by atoms with Crippen LogP contribution in [-0.4, -0.2) is 12.6 Å². The normalized spacial score (nSPS) is 23.9. The second kappa shape index (κ2) is 6.79. The maximum atomic E-state index is 6.11. The number of ether oxygens (including phenoxy) is 1. The van der Waals surface area contributed by atoms with Gasteiger partial charge in [0.15, 0.2) is 0 Å². The monoisotopic (exact) mass is 247 g/mol. The fourth-order valence-corrected chi connectivity index (χ4v) is 2.80. The third-order valence-electron chi connectivity index (χ3n) is 3.89. The SMILES string of the molecule is CCCc1ccc(OC2CCCCC2CN)cc1. The molecule has 2 atom stereocenters. The average molecular weight is 247 g/mol. The summed E-state index contributed by atoms with van der Waals surface area (Å²) in [6.07, 6.45) is 7.61. The van der Waals surface area contributed by atoms with Crippen molar-refractivity contribution >= 4 is 0 Å². The predicted molar refractivity (Wildman–Crippen MR) is 75.9 cm³/mol. The molecule has 1 aliphatic rings. The van der Waals surface area contributed by atoms with Crippen LogP contribution in [0.3, 0.4) is 0 Å². The molecule has 0 heterocycles. The molecule has 2 rings (SSSR count). The van der Waals surface area contributed by atoms with E-state index in [-0.39, 0.29) is 0 Å². The summed E-state index contributed by atoms with van der Waals surface area (Å²) in [4.78, 5) is 0. The van der Waals surface area contributed by atoms with Crippen LogP contribution in [0.5, 0.6) is 5.75 Å². The average Bonchev–Trinajstić information content (AvgIpc) is 2.42. The van der Waals surface area contributed by atoms with Gasteiger partial charge in [0.25, 0.3) is 0 Å². The minimum Gasteiger partial charge on any atom is -0.490 e. The second-order valence-corrected chi connectivity index (χ2v) is 5.33. The molecule has 0 aliphatic heterocycles. The third-order valence-corrected chi connectivity index (χ3v) is 3.89. The Morgan fingerprint density at radius 3 is 2.56 bits per heavy atom. The molecule has 0 amide bonds. The Balaban J connectivity index is 1.95. The summed E-state index contributed by atoms with van der Waals surface area (Å²) in [7, 11) is 0. The van der Waals surface area contributed by atoms with E-state index in [4.69, 9.17) is 10.5 Å². The van der Waals surface area contributed by atoms with Gasteiger partial charge in [-0.15, -0.1) is 0 Å². The van der Waals surface area contributed by atoms with Crippen LogP contribution in [0.15, 0.2) is 24.3 Å². The number of hydrogen-bond donors (Lipinski definition) is 1. The first-order valence-corrected chi connectivity index (χ1v) is 7.29. The van der Waals surface area contributed by atoms with Crippen LogP contribution in [0.4, 0.5) is 0 Å². The predicted octanol–water partition coefficient (Wildman–Crippen LogP) is 3.54. The van der Waals surface area contributed by atoms with E-state index in [0.717, 1.165) is 25.1 Å². The molecule has 2 nitrogen and oxygen atoms in total. The highest BCUT2D eigenvalue weighted by Crippen LogP contribution is 2.28. The van der Waals surface area contributed by atoms with Crippen molar-refractivity contribution in [2.75, 3.05) is 6.54 Å². The zero-order valence-corrected chi connectivity index (χ0v) is 11.4. The first-order valence-electron chi connectivity index (χ1n) is 7.29. The van der Waals surface area contributed by atoms with Crippen LogP contribution in [-0.2, 0) is 6.42 Å². The lowest BCUT2D eigenvalue weighted by Gasteiger charge is -2.31. The van der Waals surface area contributed by atoms with Crippen molar-refractivity contribution in [1.29, 1.82) is 0 Å².